The molecule has 1 aromatic heterocycles. The van der Waals surface area contributed by atoms with Gasteiger partial charge in [0.15, 0.2) is 5.82 Å². The van der Waals surface area contributed by atoms with Crippen LogP contribution in [0.25, 0.3) is 0 Å². The van der Waals surface area contributed by atoms with E-state index in [1.165, 1.54) is 12.1 Å². The van der Waals surface area contributed by atoms with Crippen LogP contribution in [0.4, 0.5) is 4.39 Å². The monoisotopic (exact) mass is 252 g/mol. The highest BCUT2D eigenvalue weighted by molar-refractivity contribution is 6.16. The Morgan fingerprint density at radius 3 is 2.53 bits per heavy atom. The third kappa shape index (κ3) is 1.72. The van der Waals surface area contributed by atoms with Crippen molar-refractivity contribution in [2.45, 2.75) is 24.1 Å². The van der Waals surface area contributed by atoms with E-state index in [1.807, 2.05) is 0 Å². The van der Waals surface area contributed by atoms with E-state index in [-0.39, 0.29) is 17.1 Å². The highest BCUT2D eigenvalue weighted by atomic mass is 35.5. The molecule has 1 fully saturated rings. The summed E-state index contributed by atoms with van der Waals surface area (Å²) in [5, 5.41) is 3.96. The predicted molar refractivity (Wildman–Crippen MR) is 60.3 cm³/mol. The standard InChI is InChI=1S/C12H10ClFN2O/c13-7-10-15-11(16-17-10)12(5-6-12)8-1-3-9(14)4-2-8/h1-4H,5-7H2. The highest BCUT2D eigenvalue weighted by Crippen LogP contribution is 2.52. The summed E-state index contributed by atoms with van der Waals surface area (Å²) in [5.74, 6) is 1.06. The van der Waals surface area contributed by atoms with Crippen LogP contribution in [0.15, 0.2) is 28.8 Å². The Kier molecular flexibility index (Phi) is 2.40. The lowest BCUT2D eigenvalue weighted by Crippen LogP contribution is -2.10. The summed E-state index contributed by atoms with van der Waals surface area (Å²) in [7, 11) is 0. The zero-order chi connectivity index (χ0) is 11.9. The molecule has 0 amide bonds. The largest absolute Gasteiger partial charge is 0.338 e. The summed E-state index contributed by atoms with van der Waals surface area (Å²) in [6.45, 7) is 0. The van der Waals surface area contributed by atoms with E-state index >= 15 is 0 Å². The van der Waals surface area contributed by atoms with Gasteiger partial charge in [-0.15, -0.1) is 11.6 Å². The van der Waals surface area contributed by atoms with Crippen molar-refractivity contribution in [3.05, 3.63) is 47.4 Å². The Bertz CT molecular complexity index is 534. The normalized spacial score (nSPS) is 17.1. The van der Waals surface area contributed by atoms with Crippen LogP contribution in [0.3, 0.4) is 0 Å². The molecule has 88 valence electrons. The molecule has 0 radical (unpaired) electrons. The van der Waals surface area contributed by atoms with Crippen molar-refractivity contribution in [1.29, 1.82) is 0 Å². The summed E-state index contributed by atoms with van der Waals surface area (Å²) in [5.41, 5.74) is 0.836. The van der Waals surface area contributed by atoms with Gasteiger partial charge in [-0.3, -0.25) is 0 Å². The molecule has 1 aliphatic rings. The minimum absolute atomic E-state index is 0.193. The number of rotatable bonds is 3. The molecule has 0 unspecified atom stereocenters. The smallest absolute Gasteiger partial charge is 0.241 e. The highest BCUT2D eigenvalue weighted by Gasteiger charge is 2.49. The van der Waals surface area contributed by atoms with Crippen LogP contribution < -0.4 is 0 Å². The van der Waals surface area contributed by atoms with Crippen LogP contribution in [0.2, 0.25) is 0 Å². The summed E-state index contributed by atoms with van der Waals surface area (Å²) in [6.07, 6.45) is 1.92. The molecule has 2 aromatic rings. The van der Waals surface area contributed by atoms with Crippen molar-refractivity contribution >= 4 is 11.6 Å². The number of aromatic nitrogens is 2. The lowest BCUT2D eigenvalue weighted by Gasteiger charge is -2.10. The van der Waals surface area contributed by atoms with Crippen molar-refractivity contribution in [2.24, 2.45) is 0 Å². The number of alkyl halides is 1. The number of halogens is 2. The first-order valence-corrected chi connectivity index (χ1v) is 5.93. The first-order chi connectivity index (χ1) is 8.24. The van der Waals surface area contributed by atoms with Crippen LogP contribution >= 0.6 is 11.6 Å². The number of nitrogens with zero attached hydrogens (tertiary/aromatic N) is 2. The van der Waals surface area contributed by atoms with Gasteiger partial charge in [-0.25, -0.2) is 4.39 Å². The lowest BCUT2D eigenvalue weighted by atomic mass is 9.95. The van der Waals surface area contributed by atoms with Crippen LogP contribution in [-0.4, -0.2) is 10.1 Å². The molecule has 0 aliphatic heterocycles. The van der Waals surface area contributed by atoms with Crippen molar-refractivity contribution in [1.82, 2.24) is 10.1 Å². The number of hydrogen-bond acceptors (Lipinski definition) is 3. The SMILES string of the molecule is Fc1ccc(C2(c3noc(CCl)n3)CC2)cc1. The summed E-state index contributed by atoms with van der Waals surface area (Å²) >= 11 is 5.63. The fourth-order valence-electron chi connectivity index (χ4n) is 2.04. The van der Waals surface area contributed by atoms with Gasteiger partial charge in [-0.2, -0.15) is 4.98 Å². The zero-order valence-electron chi connectivity index (χ0n) is 8.99. The van der Waals surface area contributed by atoms with Crippen LogP contribution in [0, 0.1) is 5.82 Å². The zero-order valence-corrected chi connectivity index (χ0v) is 9.75. The van der Waals surface area contributed by atoms with Gasteiger partial charge in [0.25, 0.3) is 0 Å². The number of benzene rings is 1. The van der Waals surface area contributed by atoms with E-state index < -0.39 is 0 Å². The molecule has 1 aliphatic carbocycles. The summed E-state index contributed by atoms with van der Waals surface area (Å²) < 4.78 is 17.9. The Labute approximate surface area is 103 Å². The van der Waals surface area contributed by atoms with E-state index in [0.717, 1.165) is 18.4 Å². The van der Waals surface area contributed by atoms with Gasteiger partial charge in [0, 0.05) is 0 Å². The first kappa shape index (κ1) is 10.7. The summed E-state index contributed by atoms with van der Waals surface area (Å²) in [4.78, 5) is 4.26. The van der Waals surface area contributed by atoms with E-state index in [2.05, 4.69) is 10.1 Å². The van der Waals surface area contributed by atoms with E-state index in [4.69, 9.17) is 16.1 Å². The second-order valence-corrected chi connectivity index (χ2v) is 4.50. The van der Waals surface area contributed by atoms with Gasteiger partial charge >= 0.3 is 0 Å². The second-order valence-electron chi connectivity index (χ2n) is 4.23. The molecule has 5 heteroatoms. The molecule has 0 saturated heterocycles. The average molecular weight is 253 g/mol. The van der Waals surface area contributed by atoms with E-state index in [1.54, 1.807) is 12.1 Å². The maximum atomic E-state index is 12.9. The Hall–Kier alpha value is -1.42. The van der Waals surface area contributed by atoms with Gasteiger partial charge < -0.3 is 4.52 Å². The molecular formula is C12H10ClFN2O. The third-order valence-electron chi connectivity index (χ3n) is 3.16. The summed E-state index contributed by atoms with van der Waals surface area (Å²) in [6, 6.07) is 6.47. The maximum absolute atomic E-state index is 12.9. The minimum Gasteiger partial charge on any atom is -0.338 e. The van der Waals surface area contributed by atoms with Crippen LogP contribution in [-0.2, 0) is 11.3 Å². The molecule has 1 saturated carbocycles. The third-order valence-corrected chi connectivity index (χ3v) is 3.39. The quantitative estimate of drug-likeness (QED) is 0.788. The molecule has 0 bridgehead atoms. The minimum atomic E-state index is -0.237. The fourth-order valence-corrected chi connectivity index (χ4v) is 2.15. The Morgan fingerprint density at radius 2 is 2.00 bits per heavy atom. The Morgan fingerprint density at radius 1 is 1.29 bits per heavy atom. The van der Waals surface area contributed by atoms with Crippen molar-refractivity contribution in [2.75, 3.05) is 0 Å². The maximum Gasteiger partial charge on any atom is 0.241 e. The van der Waals surface area contributed by atoms with E-state index in [0.29, 0.717) is 11.7 Å². The average Bonchev–Trinajstić information content (AvgIpc) is 3.02. The van der Waals surface area contributed by atoms with Gasteiger partial charge in [0.05, 0.1) is 5.41 Å². The van der Waals surface area contributed by atoms with Crippen molar-refractivity contribution in [3.8, 4) is 0 Å². The van der Waals surface area contributed by atoms with Crippen molar-refractivity contribution in [3.63, 3.8) is 0 Å². The molecule has 1 heterocycles. The topological polar surface area (TPSA) is 38.9 Å². The Balaban J connectivity index is 1.98. The fraction of sp³-hybridized carbons (Fsp3) is 0.333. The van der Waals surface area contributed by atoms with E-state index in [9.17, 15) is 4.39 Å². The molecular weight excluding hydrogens is 243 g/mol. The molecule has 1 aromatic carbocycles. The van der Waals surface area contributed by atoms with Gasteiger partial charge in [0.2, 0.25) is 5.89 Å². The van der Waals surface area contributed by atoms with Gasteiger partial charge in [-0.05, 0) is 30.5 Å². The molecule has 0 atom stereocenters. The second kappa shape index (κ2) is 3.81. The predicted octanol–water partition coefficient (Wildman–Crippen LogP) is 3.03. The van der Waals surface area contributed by atoms with Gasteiger partial charge in [-0.1, -0.05) is 17.3 Å². The van der Waals surface area contributed by atoms with Crippen LogP contribution in [0.1, 0.15) is 30.1 Å². The lowest BCUT2D eigenvalue weighted by molar-refractivity contribution is 0.381. The van der Waals surface area contributed by atoms with Crippen LogP contribution in [0.5, 0.6) is 0 Å². The van der Waals surface area contributed by atoms with Gasteiger partial charge in [0.1, 0.15) is 11.7 Å². The first-order valence-electron chi connectivity index (χ1n) is 5.40. The molecule has 0 N–H and O–H groups in total. The van der Waals surface area contributed by atoms with Crippen molar-refractivity contribution < 1.29 is 8.91 Å². The molecule has 3 nitrogen and oxygen atoms in total. The number of hydrogen-bond donors (Lipinski definition) is 0. The molecule has 17 heavy (non-hydrogen) atoms. The molecule has 3 rings (SSSR count). The molecule has 0 spiro atoms.